The zero-order valence-corrected chi connectivity index (χ0v) is 22.6. The summed E-state index contributed by atoms with van der Waals surface area (Å²) in [7, 11) is 0. The smallest absolute Gasteiger partial charge is 0.296 e. The lowest BCUT2D eigenvalue weighted by Crippen LogP contribution is -2.30. The van der Waals surface area contributed by atoms with E-state index in [0.717, 1.165) is 46.4 Å². The van der Waals surface area contributed by atoms with Crippen LogP contribution in [0.25, 0.3) is 22.5 Å². The number of nitrogens with zero attached hydrogens (tertiary/aromatic N) is 3. The highest BCUT2D eigenvalue weighted by molar-refractivity contribution is 6.28. The molecule has 0 amide bonds. The zero-order valence-electron chi connectivity index (χ0n) is 21.9. The molecule has 0 aliphatic heterocycles. The average Bonchev–Trinajstić information content (AvgIpc) is 3.40. The highest BCUT2D eigenvalue weighted by atomic mass is 35.5. The van der Waals surface area contributed by atoms with Crippen molar-refractivity contribution in [3.05, 3.63) is 127 Å². The number of aromatic nitrogens is 4. The summed E-state index contributed by atoms with van der Waals surface area (Å²) in [6.07, 6.45) is 3.06. The molecule has 7 nitrogen and oxygen atoms in total. The maximum atomic E-state index is 13.9. The van der Waals surface area contributed by atoms with E-state index < -0.39 is 5.76 Å². The second kappa shape index (κ2) is 11.7. The first-order valence-electron chi connectivity index (χ1n) is 13.1. The molecule has 0 spiro atoms. The lowest BCUT2D eigenvalue weighted by molar-refractivity contribution is 0.388. The molecule has 1 atom stereocenters. The largest absolute Gasteiger partial charge is 0.439 e. The summed E-state index contributed by atoms with van der Waals surface area (Å²) in [6, 6.07) is 25.3. The van der Waals surface area contributed by atoms with Crippen LogP contribution in [0.15, 0.2) is 93.0 Å². The summed E-state index contributed by atoms with van der Waals surface area (Å²) in [5, 5.41) is 4.06. The van der Waals surface area contributed by atoms with Gasteiger partial charge in [0.15, 0.2) is 5.82 Å². The molecule has 2 heterocycles. The summed E-state index contributed by atoms with van der Waals surface area (Å²) in [5.41, 5.74) is 5.92. The Morgan fingerprint density at radius 1 is 0.949 bits per heavy atom. The fraction of sp³-hybridized carbons (Fsp3) is 0.226. The third-order valence-corrected chi connectivity index (χ3v) is 7.22. The van der Waals surface area contributed by atoms with Crippen molar-refractivity contribution in [3.63, 3.8) is 0 Å². The van der Waals surface area contributed by atoms with Crippen LogP contribution in [0.5, 0.6) is 0 Å². The van der Waals surface area contributed by atoms with Crippen LogP contribution in [0.4, 0.5) is 0 Å². The third kappa shape index (κ3) is 5.64. The molecule has 5 aromatic rings. The van der Waals surface area contributed by atoms with Gasteiger partial charge in [0.25, 0.3) is 5.56 Å². The Kier molecular flexibility index (Phi) is 7.89. The molecule has 1 unspecified atom stereocenters. The van der Waals surface area contributed by atoms with E-state index >= 15 is 0 Å². The molecule has 0 saturated carbocycles. The van der Waals surface area contributed by atoms with E-state index in [-0.39, 0.29) is 16.9 Å². The Labute approximate surface area is 231 Å². The van der Waals surface area contributed by atoms with E-state index in [1.54, 1.807) is 4.57 Å². The predicted octanol–water partition coefficient (Wildman–Crippen LogP) is 6.45. The minimum atomic E-state index is -0.599. The van der Waals surface area contributed by atoms with Crippen LogP contribution in [-0.2, 0) is 12.8 Å². The second-order valence-electron chi connectivity index (χ2n) is 9.53. The number of halogens is 1. The van der Waals surface area contributed by atoms with Crippen molar-refractivity contribution in [2.24, 2.45) is 0 Å². The van der Waals surface area contributed by atoms with E-state index in [2.05, 4.69) is 17.1 Å². The molecule has 0 aliphatic carbocycles. The molecule has 5 rings (SSSR count). The van der Waals surface area contributed by atoms with Crippen LogP contribution < -0.4 is 11.3 Å². The van der Waals surface area contributed by atoms with E-state index in [9.17, 15) is 9.59 Å². The molecular weight excluding hydrogens is 512 g/mol. The lowest BCUT2D eigenvalue weighted by Gasteiger charge is -2.20. The minimum absolute atomic E-state index is 0.109. The Hall–Kier alpha value is -4.23. The van der Waals surface area contributed by atoms with Crippen LogP contribution in [0.3, 0.4) is 0 Å². The van der Waals surface area contributed by atoms with Gasteiger partial charge in [-0.1, -0.05) is 97.4 Å². The van der Waals surface area contributed by atoms with Gasteiger partial charge in [-0.3, -0.25) is 18.9 Å². The van der Waals surface area contributed by atoms with Gasteiger partial charge in [0.1, 0.15) is 0 Å². The van der Waals surface area contributed by atoms with Crippen molar-refractivity contribution in [3.8, 4) is 22.5 Å². The Bertz CT molecular complexity index is 1690. The summed E-state index contributed by atoms with van der Waals surface area (Å²) in [5.74, 6) is -0.224. The maximum Gasteiger partial charge on any atom is 0.439 e. The maximum absolute atomic E-state index is 13.9. The number of unbranched alkanes of at least 4 members (excludes halogenated alkanes) is 1. The highest BCUT2D eigenvalue weighted by Crippen LogP contribution is 2.30. The summed E-state index contributed by atoms with van der Waals surface area (Å²) in [4.78, 5) is 32.7. The number of benzene rings is 3. The number of hydrogen-bond acceptors (Lipinski definition) is 5. The molecule has 39 heavy (non-hydrogen) atoms. The quantitative estimate of drug-likeness (QED) is 0.217. The second-order valence-corrected chi connectivity index (χ2v) is 9.87. The van der Waals surface area contributed by atoms with Crippen molar-refractivity contribution >= 4 is 11.6 Å². The van der Waals surface area contributed by atoms with E-state index in [1.807, 2.05) is 85.8 Å². The van der Waals surface area contributed by atoms with Gasteiger partial charge in [-0.25, -0.2) is 9.78 Å². The molecule has 0 fully saturated rings. The Balaban J connectivity index is 1.50. The van der Waals surface area contributed by atoms with Crippen molar-refractivity contribution in [1.82, 2.24) is 19.7 Å². The van der Waals surface area contributed by atoms with Gasteiger partial charge in [0.2, 0.25) is 5.28 Å². The number of hydrogen-bond donors (Lipinski definition) is 1. The summed E-state index contributed by atoms with van der Waals surface area (Å²) < 4.78 is 6.29. The Morgan fingerprint density at radius 2 is 1.64 bits per heavy atom. The highest BCUT2D eigenvalue weighted by Gasteiger charge is 2.20. The summed E-state index contributed by atoms with van der Waals surface area (Å²) >= 11 is 6.61. The normalized spacial score (nSPS) is 12.0. The average molecular weight is 541 g/mol. The molecular formula is C31H29ClN4O3. The molecule has 0 radical (unpaired) electrons. The number of aromatic amines is 1. The van der Waals surface area contributed by atoms with E-state index in [0.29, 0.717) is 24.2 Å². The number of rotatable bonds is 9. The molecule has 1 N–H and O–H groups in total. The van der Waals surface area contributed by atoms with Gasteiger partial charge in [-0.2, -0.15) is 0 Å². The van der Waals surface area contributed by atoms with Crippen LogP contribution in [0.2, 0.25) is 5.28 Å². The molecule has 2 aromatic heterocycles. The molecule has 0 saturated heterocycles. The first-order chi connectivity index (χ1) is 19.0. The van der Waals surface area contributed by atoms with Gasteiger partial charge in [0, 0.05) is 17.5 Å². The van der Waals surface area contributed by atoms with Gasteiger partial charge in [-0.15, -0.1) is 0 Å². The van der Waals surface area contributed by atoms with Crippen LogP contribution >= 0.6 is 11.6 Å². The SMILES string of the molecule is CCCCc1nc(Cl)n(C(C)c2ccccc2)c(=O)c1Cc1ccc(-c2ccccc2-c2noc(=O)[nH]2)cc1. The summed E-state index contributed by atoms with van der Waals surface area (Å²) in [6.45, 7) is 4.08. The first-order valence-corrected chi connectivity index (χ1v) is 13.4. The first kappa shape index (κ1) is 26.4. The van der Waals surface area contributed by atoms with E-state index in [4.69, 9.17) is 21.1 Å². The zero-order chi connectivity index (χ0) is 27.4. The molecule has 0 bridgehead atoms. The number of aryl methyl sites for hydroxylation is 1. The van der Waals surface area contributed by atoms with Gasteiger partial charge < -0.3 is 0 Å². The van der Waals surface area contributed by atoms with Gasteiger partial charge >= 0.3 is 5.76 Å². The molecule has 3 aromatic carbocycles. The number of nitrogens with one attached hydrogen (secondary N) is 1. The monoisotopic (exact) mass is 540 g/mol. The van der Waals surface area contributed by atoms with Crippen LogP contribution in [0, 0.1) is 0 Å². The predicted molar refractivity (Wildman–Crippen MR) is 153 cm³/mol. The molecule has 8 heteroatoms. The van der Waals surface area contributed by atoms with Crippen LogP contribution in [0.1, 0.15) is 55.1 Å². The third-order valence-electron chi connectivity index (χ3n) is 6.96. The van der Waals surface area contributed by atoms with Crippen molar-refractivity contribution < 1.29 is 4.52 Å². The van der Waals surface area contributed by atoms with Crippen molar-refractivity contribution in [1.29, 1.82) is 0 Å². The lowest BCUT2D eigenvalue weighted by atomic mass is 9.96. The fourth-order valence-corrected chi connectivity index (χ4v) is 5.15. The van der Waals surface area contributed by atoms with Crippen LogP contribution in [-0.4, -0.2) is 19.7 Å². The minimum Gasteiger partial charge on any atom is -0.296 e. The fourth-order valence-electron chi connectivity index (χ4n) is 4.82. The van der Waals surface area contributed by atoms with E-state index in [1.165, 1.54) is 0 Å². The van der Waals surface area contributed by atoms with Gasteiger partial charge in [-0.05, 0) is 53.6 Å². The molecule has 0 aliphatic rings. The Morgan fingerprint density at radius 3 is 2.31 bits per heavy atom. The van der Waals surface area contributed by atoms with Crippen molar-refractivity contribution in [2.75, 3.05) is 0 Å². The van der Waals surface area contributed by atoms with Gasteiger partial charge in [0.05, 0.1) is 11.7 Å². The molecule has 198 valence electrons. The standard InChI is InChI=1S/C31H29ClN4O3/c1-3-4-14-27-26(29(37)36(30(32)33-27)20(2)22-10-6-5-7-11-22)19-21-15-17-23(18-16-21)24-12-8-9-13-25(24)28-34-31(38)39-35-28/h5-13,15-18,20H,3-4,14,19H2,1-2H3,(H,34,35,38). The number of H-pyrrole nitrogens is 1. The van der Waals surface area contributed by atoms with Crippen molar-refractivity contribution in [2.45, 2.75) is 45.6 Å². The topological polar surface area (TPSA) is 93.8 Å².